The fourth-order valence-corrected chi connectivity index (χ4v) is 3.63. The van der Waals surface area contributed by atoms with E-state index in [1.807, 2.05) is 0 Å². The summed E-state index contributed by atoms with van der Waals surface area (Å²) in [6.07, 6.45) is -4.55. The predicted octanol–water partition coefficient (Wildman–Crippen LogP) is 2.14. The summed E-state index contributed by atoms with van der Waals surface area (Å²) in [6.45, 7) is -0.0422. The molecule has 0 spiro atoms. The number of aromatic amines is 1. The molecule has 3 amide bonds. The van der Waals surface area contributed by atoms with E-state index in [-0.39, 0.29) is 30.3 Å². The second-order valence-electron chi connectivity index (χ2n) is 7.35. The molecular formula is C21H17F3N4O5. The number of H-pyrrole nitrogens is 1. The van der Waals surface area contributed by atoms with Crippen molar-refractivity contribution in [2.24, 2.45) is 0 Å². The molecule has 0 aliphatic carbocycles. The second kappa shape index (κ2) is 8.45. The third-order valence-corrected chi connectivity index (χ3v) is 5.14. The minimum Gasteiger partial charge on any atom is -0.406 e. The molecule has 0 bridgehead atoms. The topological polar surface area (TPSA) is 122 Å². The monoisotopic (exact) mass is 462 g/mol. The normalized spacial score (nSPS) is 16.5. The highest BCUT2D eigenvalue weighted by molar-refractivity contribution is 5.99. The first-order chi connectivity index (χ1) is 15.6. The van der Waals surface area contributed by atoms with Crippen LogP contribution < -0.4 is 20.9 Å². The number of carbonyl (C=O) groups is 3. The van der Waals surface area contributed by atoms with Crippen LogP contribution in [0.2, 0.25) is 0 Å². The van der Waals surface area contributed by atoms with Crippen LogP contribution in [0, 0.1) is 0 Å². The average Bonchev–Trinajstić information content (AvgIpc) is 3.08. The minimum atomic E-state index is -4.83. The number of nitrogens with one attached hydrogen (secondary N) is 3. The maximum atomic E-state index is 13.0. The van der Waals surface area contributed by atoms with E-state index in [0.717, 1.165) is 16.8 Å². The van der Waals surface area contributed by atoms with Crippen molar-refractivity contribution in [3.63, 3.8) is 0 Å². The van der Waals surface area contributed by atoms with Crippen molar-refractivity contribution >= 4 is 28.6 Å². The van der Waals surface area contributed by atoms with Gasteiger partial charge in [0.2, 0.25) is 5.91 Å². The van der Waals surface area contributed by atoms with E-state index in [2.05, 4.69) is 20.5 Å². The lowest BCUT2D eigenvalue weighted by atomic mass is 10.1. The third-order valence-electron chi connectivity index (χ3n) is 5.14. The van der Waals surface area contributed by atoms with Crippen LogP contribution in [0.15, 0.2) is 47.3 Å². The van der Waals surface area contributed by atoms with E-state index in [4.69, 9.17) is 0 Å². The molecule has 12 heteroatoms. The summed E-state index contributed by atoms with van der Waals surface area (Å²) in [5.74, 6) is -1.99. The molecule has 1 aromatic heterocycles. The molecule has 172 valence electrons. The number of imide groups is 1. The molecule has 1 saturated heterocycles. The molecule has 2 heterocycles. The van der Waals surface area contributed by atoms with Gasteiger partial charge in [-0.05, 0) is 42.3 Å². The van der Waals surface area contributed by atoms with Crippen molar-refractivity contribution in [1.29, 1.82) is 0 Å². The number of benzene rings is 2. The van der Waals surface area contributed by atoms with E-state index in [1.165, 1.54) is 12.1 Å². The molecule has 9 nitrogen and oxygen atoms in total. The molecule has 2 aromatic carbocycles. The highest BCUT2D eigenvalue weighted by atomic mass is 19.4. The molecule has 1 aliphatic rings. The summed E-state index contributed by atoms with van der Waals surface area (Å²) in [5, 5.41) is 7.97. The van der Waals surface area contributed by atoms with Crippen molar-refractivity contribution in [3.8, 4) is 5.75 Å². The Bertz CT molecular complexity index is 1290. The molecule has 1 aliphatic heterocycles. The van der Waals surface area contributed by atoms with Crippen molar-refractivity contribution in [1.82, 2.24) is 20.4 Å². The number of aromatic nitrogens is 2. The van der Waals surface area contributed by atoms with Gasteiger partial charge in [-0.2, -0.15) is 0 Å². The minimum absolute atomic E-state index is 0.0422. The molecule has 1 unspecified atom stereocenters. The van der Waals surface area contributed by atoms with Crippen LogP contribution in [0.5, 0.6) is 5.75 Å². The average molecular weight is 462 g/mol. The number of amides is 3. The Morgan fingerprint density at radius 1 is 1.12 bits per heavy atom. The number of hydrogen-bond acceptors (Lipinski definition) is 5. The summed E-state index contributed by atoms with van der Waals surface area (Å²) >= 11 is 0. The number of ether oxygens (including phenoxy) is 1. The van der Waals surface area contributed by atoms with Gasteiger partial charge in [-0.1, -0.05) is 12.1 Å². The number of carbonyl (C=O) groups excluding carboxylic acids is 3. The van der Waals surface area contributed by atoms with Crippen LogP contribution in [-0.2, 0) is 16.1 Å². The van der Waals surface area contributed by atoms with E-state index in [9.17, 15) is 32.3 Å². The molecule has 1 atom stereocenters. The number of piperidine rings is 1. The lowest BCUT2D eigenvalue weighted by molar-refractivity contribution is -0.274. The fraction of sp³-hybridized carbons (Fsp3) is 0.238. The summed E-state index contributed by atoms with van der Waals surface area (Å²) in [6, 6.07) is 8.49. The van der Waals surface area contributed by atoms with Crippen LogP contribution in [0.1, 0.15) is 34.8 Å². The van der Waals surface area contributed by atoms with Gasteiger partial charge in [-0.15, -0.1) is 13.2 Å². The lowest BCUT2D eigenvalue weighted by Crippen LogP contribution is -2.44. The maximum Gasteiger partial charge on any atom is 0.573 e. The van der Waals surface area contributed by atoms with Crippen LogP contribution in [0.4, 0.5) is 13.2 Å². The van der Waals surface area contributed by atoms with E-state index in [1.54, 1.807) is 18.2 Å². The van der Waals surface area contributed by atoms with E-state index >= 15 is 0 Å². The molecule has 1 fully saturated rings. The highest BCUT2D eigenvalue weighted by Crippen LogP contribution is 2.23. The van der Waals surface area contributed by atoms with Crippen LogP contribution in [0.25, 0.3) is 10.9 Å². The van der Waals surface area contributed by atoms with Gasteiger partial charge in [0.15, 0.2) is 0 Å². The van der Waals surface area contributed by atoms with Crippen molar-refractivity contribution in [2.45, 2.75) is 31.8 Å². The largest absolute Gasteiger partial charge is 0.573 e. The smallest absolute Gasteiger partial charge is 0.406 e. The molecule has 3 N–H and O–H groups in total. The Labute approximate surface area is 183 Å². The van der Waals surface area contributed by atoms with Gasteiger partial charge in [0, 0.05) is 18.5 Å². The molecule has 3 aromatic rings. The first-order valence-corrected chi connectivity index (χ1v) is 9.82. The van der Waals surface area contributed by atoms with E-state index in [0.29, 0.717) is 11.1 Å². The van der Waals surface area contributed by atoms with E-state index < -0.39 is 41.4 Å². The number of fused-ring (bicyclic) bond motifs is 1. The van der Waals surface area contributed by atoms with Gasteiger partial charge >= 0.3 is 6.36 Å². The first-order valence-electron chi connectivity index (χ1n) is 9.82. The van der Waals surface area contributed by atoms with Crippen molar-refractivity contribution in [3.05, 3.63) is 63.9 Å². The first kappa shape index (κ1) is 22.1. The van der Waals surface area contributed by atoms with Gasteiger partial charge in [-0.3, -0.25) is 29.6 Å². The molecule has 33 heavy (non-hydrogen) atoms. The van der Waals surface area contributed by atoms with Gasteiger partial charge in [0.05, 0.1) is 10.9 Å². The highest BCUT2D eigenvalue weighted by Gasteiger charge is 2.31. The zero-order valence-electron chi connectivity index (χ0n) is 16.9. The summed E-state index contributed by atoms with van der Waals surface area (Å²) in [7, 11) is 0. The molecule has 4 rings (SSSR count). The fourth-order valence-electron chi connectivity index (χ4n) is 3.63. The van der Waals surface area contributed by atoms with Crippen LogP contribution in [-0.4, -0.2) is 33.9 Å². The second-order valence-corrected chi connectivity index (χ2v) is 7.35. The Balaban J connectivity index is 1.52. The predicted molar refractivity (Wildman–Crippen MR) is 108 cm³/mol. The lowest BCUT2D eigenvalue weighted by Gasteiger charge is -2.20. The molecular weight excluding hydrogens is 445 g/mol. The Hall–Kier alpha value is -4.09. The Kier molecular flexibility index (Phi) is 5.66. The summed E-state index contributed by atoms with van der Waals surface area (Å²) < 4.78 is 41.7. The third kappa shape index (κ3) is 4.73. The summed E-state index contributed by atoms with van der Waals surface area (Å²) in [4.78, 5) is 48.9. The maximum absolute atomic E-state index is 13.0. The van der Waals surface area contributed by atoms with Gasteiger partial charge in [0.1, 0.15) is 11.8 Å². The van der Waals surface area contributed by atoms with Gasteiger partial charge in [0.25, 0.3) is 17.4 Å². The standard InChI is InChI=1S/C21H17F3N4O5/c22-21(23,24)33-13-6-4-11(5-7-13)18(30)25-10-12-2-1-3-14-17(12)20(32)28(27-14)15-8-9-16(29)26-19(15)31/h1-7,15,27H,8-10H2,(H,25,30)(H,26,29,31). The zero-order chi connectivity index (χ0) is 23.8. The molecule has 0 saturated carbocycles. The van der Waals surface area contributed by atoms with Crippen LogP contribution in [0.3, 0.4) is 0 Å². The van der Waals surface area contributed by atoms with Gasteiger partial charge < -0.3 is 10.1 Å². The summed E-state index contributed by atoms with van der Waals surface area (Å²) in [5.41, 5.74) is 0.556. The number of halogens is 3. The zero-order valence-corrected chi connectivity index (χ0v) is 16.9. The quantitative estimate of drug-likeness (QED) is 0.502. The Morgan fingerprint density at radius 3 is 2.52 bits per heavy atom. The number of hydrogen-bond donors (Lipinski definition) is 3. The number of alkyl halides is 3. The molecule has 0 radical (unpaired) electrons. The van der Waals surface area contributed by atoms with Gasteiger partial charge in [-0.25, -0.2) is 4.68 Å². The SMILES string of the molecule is O=C1CCC(n2[nH]c3cccc(CNC(=O)c4ccc(OC(F)(F)F)cc4)c3c2=O)C(=O)N1. The van der Waals surface area contributed by atoms with Crippen molar-refractivity contribution < 1.29 is 32.3 Å². The Morgan fingerprint density at radius 2 is 1.85 bits per heavy atom. The van der Waals surface area contributed by atoms with Crippen LogP contribution >= 0.6 is 0 Å². The number of rotatable bonds is 5. The number of nitrogens with zero attached hydrogens (tertiary/aromatic N) is 1. The van der Waals surface area contributed by atoms with Crippen molar-refractivity contribution in [2.75, 3.05) is 0 Å².